The molecule has 5 nitrogen and oxygen atoms in total. The van der Waals surface area contributed by atoms with Gasteiger partial charge in [0.2, 0.25) is 15.9 Å². The third-order valence-electron chi connectivity index (χ3n) is 3.64. The van der Waals surface area contributed by atoms with Crippen LogP contribution in [-0.4, -0.2) is 37.6 Å². The Hall–Kier alpha value is -0.620. The van der Waals surface area contributed by atoms with E-state index < -0.39 is 15.3 Å². The first kappa shape index (κ1) is 11.9. The molecule has 1 amide bonds. The Kier molecular flexibility index (Phi) is 2.96. The molecule has 2 unspecified atom stereocenters. The second-order valence-electron chi connectivity index (χ2n) is 4.93. The number of hydrogen-bond acceptors (Lipinski definition) is 3. The SMILES string of the molecule is CC1CC1C(=O)N1CCC(S(N)(=O)=O)CC1. The minimum atomic E-state index is -3.43. The quantitative estimate of drug-likeness (QED) is 0.740. The second kappa shape index (κ2) is 4.00. The van der Waals surface area contributed by atoms with Crippen molar-refractivity contribution in [3.05, 3.63) is 0 Å². The fourth-order valence-corrected chi connectivity index (χ4v) is 3.17. The van der Waals surface area contributed by atoms with E-state index in [-0.39, 0.29) is 11.8 Å². The van der Waals surface area contributed by atoms with Gasteiger partial charge in [-0.05, 0) is 25.2 Å². The van der Waals surface area contributed by atoms with Crippen LogP contribution in [0.25, 0.3) is 0 Å². The van der Waals surface area contributed by atoms with E-state index in [1.54, 1.807) is 4.90 Å². The molecule has 2 rings (SSSR count). The number of sulfonamides is 1. The van der Waals surface area contributed by atoms with Gasteiger partial charge < -0.3 is 4.90 Å². The van der Waals surface area contributed by atoms with Crippen LogP contribution < -0.4 is 5.14 Å². The molecule has 0 aromatic rings. The largest absolute Gasteiger partial charge is 0.342 e. The van der Waals surface area contributed by atoms with Crippen LogP contribution in [0.4, 0.5) is 0 Å². The van der Waals surface area contributed by atoms with E-state index in [9.17, 15) is 13.2 Å². The molecule has 2 N–H and O–H groups in total. The monoisotopic (exact) mass is 246 g/mol. The lowest BCUT2D eigenvalue weighted by Crippen LogP contribution is -2.44. The molecule has 0 radical (unpaired) electrons. The summed E-state index contributed by atoms with van der Waals surface area (Å²) in [7, 11) is -3.43. The van der Waals surface area contributed by atoms with Crippen molar-refractivity contribution in [2.45, 2.75) is 31.4 Å². The van der Waals surface area contributed by atoms with Crippen molar-refractivity contribution in [1.29, 1.82) is 0 Å². The molecule has 16 heavy (non-hydrogen) atoms. The van der Waals surface area contributed by atoms with E-state index in [2.05, 4.69) is 6.92 Å². The summed E-state index contributed by atoms with van der Waals surface area (Å²) in [5, 5.41) is 4.63. The summed E-state index contributed by atoms with van der Waals surface area (Å²) in [4.78, 5) is 13.7. The zero-order valence-corrected chi connectivity index (χ0v) is 10.2. The lowest BCUT2D eigenvalue weighted by Gasteiger charge is -2.31. The Bertz CT molecular complexity index is 385. The molecular formula is C10H18N2O3S. The number of rotatable bonds is 2. The zero-order valence-electron chi connectivity index (χ0n) is 9.43. The van der Waals surface area contributed by atoms with Crippen molar-refractivity contribution in [3.63, 3.8) is 0 Å². The molecule has 0 bridgehead atoms. The van der Waals surface area contributed by atoms with Gasteiger partial charge in [-0.3, -0.25) is 4.79 Å². The Morgan fingerprint density at radius 2 is 1.81 bits per heavy atom. The summed E-state index contributed by atoms with van der Waals surface area (Å²) in [5.74, 6) is 0.884. The number of piperidine rings is 1. The molecule has 2 fully saturated rings. The Morgan fingerprint density at radius 3 is 2.19 bits per heavy atom. The standard InChI is InChI=1S/C10H18N2O3S/c1-7-6-9(7)10(13)12-4-2-8(3-5-12)16(11,14)15/h7-9H,2-6H2,1H3,(H2,11,14,15). The van der Waals surface area contributed by atoms with Crippen LogP contribution in [-0.2, 0) is 14.8 Å². The van der Waals surface area contributed by atoms with Gasteiger partial charge >= 0.3 is 0 Å². The molecule has 1 saturated carbocycles. The number of nitrogens with two attached hydrogens (primary N) is 1. The highest BCUT2D eigenvalue weighted by Crippen LogP contribution is 2.39. The molecule has 6 heteroatoms. The number of likely N-dealkylation sites (tertiary alicyclic amines) is 1. The lowest BCUT2D eigenvalue weighted by molar-refractivity contribution is -0.133. The topological polar surface area (TPSA) is 80.5 Å². The third kappa shape index (κ3) is 2.38. The highest BCUT2D eigenvalue weighted by Gasteiger charge is 2.42. The molecule has 92 valence electrons. The van der Waals surface area contributed by atoms with E-state index in [1.807, 2.05) is 0 Å². The van der Waals surface area contributed by atoms with Gasteiger partial charge in [0, 0.05) is 19.0 Å². The first-order chi connectivity index (χ1) is 7.39. The van der Waals surface area contributed by atoms with E-state index in [4.69, 9.17) is 5.14 Å². The summed E-state index contributed by atoms with van der Waals surface area (Å²) in [6, 6.07) is 0. The highest BCUT2D eigenvalue weighted by atomic mass is 32.2. The van der Waals surface area contributed by atoms with Crippen molar-refractivity contribution in [2.24, 2.45) is 17.0 Å². The average Bonchev–Trinajstić information content (AvgIpc) is 2.93. The van der Waals surface area contributed by atoms with Gasteiger partial charge in [0.05, 0.1) is 5.25 Å². The van der Waals surface area contributed by atoms with Crippen molar-refractivity contribution < 1.29 is 13.2 Å². The fourth-order valence-electron chi connectivity index (χ4n) is 2.31. The first-order valence-corrected chi connectivity index (χ1v) is 7.31. The zero-order chi connectivity index (χ0) is 11.9. The van der Waals surface area contributed by atoms with Crippen LogP contribution in [0.5, 0.6) is 0 Å². The van der Waals surface area contributed by atoms with Crippen LogP contribution >= 0.6 is 0 Å². The summed E-state index contributed by atoms with van der Waals surface area (Å²) >= 11 is 0. The summed E-state index contributed by atoms with van der Waals surface area (Å²) < 4.78 is 22.3. The summed E-state index contributed by atoms with van der Waals surface area (Å²) in [5.41, 5.74) is 0. The van der Waals surface area contributed by atoms with E-state index in [1.165, 1.54) is 0 Å². The number of nitrogens with zero attached hydrogens (tertiary/aromatic N) is 1. The molecule has 2 atom stereocenters. The number of carbonyl (C=O) groups is 1. The van der Waals surface area contributed by atoms with E-state index >= 15 is 0 Å². The molecule has 0 aromatic carbocycles. The maximum Gasteiger partial charge on any atom is 0.225 e. The molecule has 1 saturated heterocycles. The fraction of sp³-hybridized carbons (Fsp3) is 0.900. The third-order valence-corrected chi connectivity index (χ3v) is 5.05. The highest BCUT2D eigenvalue weighted by molar-refractivity contribution is 7.89. The lowest BCUT2D eigenvalue weighted by atomic mass is 10.1. The van der Waals surface area contributed by atoms with Crippen LogP contribution in [0.2, 0.25) is 0 Å². The van der Waals surface area contributed by atoms with Gasteiger partial charge in [-0.15, -0.1) is 0 Å². The van der Waals surface area contributed by atoms with Gasteiger partial charge in [-0.1, -0.05) is 6.92 Å². The Labute approximate surface area is 96.0 Å². The van der Waals surface area contributed by atoms with Crippen molar-refractivity contribution in [2.75, 3.05) is 13.1 Å². The predicted octanol–water partition coefficient (Wildman–Crippen LogP) is -0.0781. The smallest absolute Gasteiger partial charge is 0.225 e. The van der Waals surface area contributed by atoms with Gasteiger partial charge in [0.15, 0.2) is 0 Å². The van der Waals surface area contributed by atoms with E-state index in [0.717, 1.165) is 6.42 Å². The molecule has 1 heterocycles. The van der Waals surface area contributed by atoms with Gasteiger partial charge in [-0.25, -0.2) is 13.6 Å². The van der Waals surface area contributed by atoms with Crippen molar-refractivity contribution in [3.8, 4) is 0 Å². The van der Waals surface area contributed by atoms with Crippen molar-refractivity contribution in [1.82, 2.24) is 4.90 Å². The number of amides is 1. The molecule has 1 aliphatic carbocycles. The number of primary sulfonamides is 1. The second-order valence-corrected chi connectivity index (χ2v) is 6.78. The average molecular weight is 246 g/mol. The predicted molar refractivity (Wildman–Crippen MR) is 60.0 cm³/mol. The maximum absolute atomic E-state index is 11.9. The van der Waals surface area contributed by atoms with Gasteiger partial charge in [-0.2, -0.15) is 0 Å². The van der Waals surface area contributed by atoms with E-state index in [0.29, 0.717) is 31.8 Å². The normalized spacial score (nSPS) is 31.5. The van der Waals surface area contributed by atoms with Gasteiger partial charge in [0.1, 0.15) is 0 Å². The molecular weight excluding hydrogens is 228 g/mol. The van der Waals surface area contributed by atoms with Crippen LogP contribution in [0.1, 0.15) is 26.2 Å². The molecule has 0 spiro atoms. The van der Waals surface area contributed by atoms with Gasteiger partial charge in [0.25, 0.3) is 0 Å². The molecule has 2 aliphatic rings. The van der Waals surface area contributed by atoms with Crippen molar-refractivity contribution >= 4 is 15.9 Å². The first-order valence-electron chi connectivity index (χ1n) is 5.70. The Morgan fingerprint density at radius 1 is 1.31 bits per heavy atom. The van der Waals surface area contributed by atoms with Crippen LogP contribution in [0, 0.1) is 11.8 Å². The maximum atomic E-state index is 11.9. The summed E-state index contributed by atoms with van der Waals surface area (Å²) in [6.45, 7) is 3.13. The molecule has 1 aliphatic heterocycles. The molecule has 0 aromatic heterocycles. The Balaban J connectivity index is 1.88. The minimum absolute atomic E-state index is 0.186. The van der Waals surface area contributed by atoms with Crippen LogP contribution in [0.15, 0.2) is 0 Å². The number of carbonyl (C=O) groups excluding carboxylic acids is 1. The van der Waals surface area contributed by atoms with Crippen LogP contribution in [0.3, 0.4) is 0 Å². The minimum Gasteiger partial charge on any atom is -0.342 e. The number of hydrogen-bond donors (Lipinski definition) is 1. The summed E-state index contributed by atoms with van der Waals surface area (Å²) in [6.07, 6.45) is 1.94.